The topological polar surface area (TPSA) is 195 Å². The summed E-state index contributed by atoms with van der Waals surface area (Å²) in [6.07, 6.45) is 3.56. The van der Waals surface area contributed by atoms with E-state index in [-0.39, 0.29) is 43.7 Å². The van der Waals surface area contributed by atoms with Gasteiger partial charge < -0.3 is 44.9 Å². The van der Waals surface area contributed by atoms with Crippen LogP contribution >= 0.6 is 0 Å². The lowest BCUT2D eigenvalue weighted by molar-refractivity contribution is -0.144. The SMILES string of the molecule is CC=N/C(C)=C(\C)c1ccc(CNC(=O)C2C[C@@H](O)CN2C(=O)C(NC(=O)CCCOCCOCCOCCOCCNC(=O)c2ccc(C)c(-c3cn(C)nc3C)c2)C(C)(C)C)cc1. The van der Waals surface area contributed by atoms with Crippen LogP contribution in [0.4, 0.5) is 0 Å². The Kier molecular flexibility index (Phi) is 21.0. The fourth-order valence-corrected chi connectivity index (χ4v) is 7.39. The molecule has 0 radical (unpaired) electrons. The minimum Gasteiger partial charge on any atom is -0.391 e. The van der Waals surface area contributed by atoms with Gasteiger partial charge >= 0.3 is 0 Å². The van der Waals surface area contributed by atoms with Crippen LogP contribution < -0.4 is 16.0 Å². The van der Waals surface area contributed by atoms with Crippen molar-refractivity contribution in [1.82, 2.24) is 30.6 Å². The number of amides is 4. The number of rotatable bonds is 25. The molecule has 356 valence electrons. The highest BCUT2D eigenvalue weighted by atomic mass is 16.6. The Morgan fingerprint density at radius 3 is 2.09 bits per heavy atom. The first-order valence-electron chi connectivity index (χ1n) is 22.5. The van der Waals surface area contributed by atoms with Gasteiger partial charge in [-0.3, -0.25) is 28.9 Å². The Hall–Kier alpha value is -5.26. The van der Waals surface area contributed by atoms with Gasteiger partial charge in [0.25, 0.3) is 5.91 Å². The second-order valence-electron chi connectivity index (χ2n) is 17.4. The van der Waals surface area contributed by atoms with Gasteiger partial charge in [-0.2, -0.15) is 5.10 Å². The molecule has 0 bridgehead atoms. The van der Waals surface area contributed by atoms with E-state index < -0.39 is 29.5 Å². The van der Waals surface area contributed by atoms with E-state index in [1.165, 1.54) is 4.90 Å². The largest absolute Gasteiger partial charge is 0.391 e. The van der Waals surface area contributed by atoms with Crippen molar-refractivity contribution < 1.29 is 43.2 Å². The predicted octanol–water partition coefficient (Wildman–Crippen LogP) is 4.93. The van der Waals surface area contributed by atoms with Crippen LogP contribution in [0.2, 0.25) is 0 Å². The van der Waals surface area contributed by atoms with Gasteiger partial charge in [0, 0.05) is 75.4 Å². The Morgan fingerprint density at radius 1 is 0.877 bits per heavy atom. The Labute approximate surface area is 384 Å². The van der Waals surface area contributed by atoms with Crippen LogP contribution in [0.25, 0.3) is 16.7 Å². The Morgan fingerprint density at radius 2 is 1.49 bits per heavy atom. The second-order valence-corrected chi connectivity index (χ2v) is 17.4. The van der Waals surface area contributed by atoms with Crippen molar-refractivity contribution in [2.24, 2.45) is 17.5 Å². The zero-order chi connectivity index (χ0) is 47.5. The molecule has 1 aliphatic rings. The first kappa shape index (κ1) is 52.4. The van der Waals surface area contributed by atoms with E-state index in [1.807, 2.05) is 111 Å². The summed E-state index contributed by atoms with van der Waals surface area (Å²) in [4.78, 5) is 58.9. The van der Waals surface area contributed by atoms with Gasteiger partial charge in [-0.05, 0) is 86.4 Å². The smallest absolute Gasteiger partial charge is 0.251 e. The van der Waals surface area contributed by atoms with Crippen molar-refractivity contribution in [2.75, 3.05) is 65.9 Å². The van der Waals surface area contributed by atoms with E-state index in [0.717, 1.165) is 44.8 Å². The van der Waals surface area contributed by atoms with Crippen LogP contribution in [0, 0.1) is 19.3 Å². The summed E-state index contributed by atoms with van der Waals surface area (Å²) in [5, 5.41) is 23.7. The van der Waals surface area contributed by atoms with Gasteiger partial charge in [-0.15, -0.1) is 0 Å². The van der Waals surface area contributed by atoms with Gasteiger partial charge in [0.2, 0.25) is 17.7 Å². The molecular weight excluding hydrogens is 831 g/mol. The molecule has 4 amide bonds. The summed E-state index contributed by atoms with van der Waals surface area (Å²) in [6.45, 7) is 19.0. The van der Waals surface area contributed by atoms with Gasteiger partial charge in [0.1, 0.15) is 12.1 Å². The highest BCUT2D eigenvalue weighted by molar-refractivity contribution is 5.96. The number of carbonyl (C=O) groups excluding carboxylic acids is 4. The molecule has 1 aliphatic heterocycles. The quantitative estimate of drug-likeness (QED) is 0.0669. The third-order valence-electron chi connectivity index (χ3n) is 11.1. The van der Waals surface area contributed by atoms with Crippen LogP contribution in [-0.2, 0) is 46.9 Å². The van der Waals surface area contributed by atoms with Crippen LogP contribution in [-0.4, -0.2) is 134 Å². The summed E-state index contributed by atoms with van der Waals surface area (Å²) in [5.74, 6) is -1.23. The number of nitrogens with one attached hydrogen (secondary N) is 3. The number of aliphatic imine (C=N–C) groups is 1. The molecule has 1 saturated heterocycles. The predicted molar refractivity (Wildman–Crippen MR) is 251 cm³/mol. The molecule has 3 atom stereocenters. The van der Waals surface area contributed by atoms with Gasteiger partial charge in [-0.25, -0.2) is 0 Å². The van der Waals surface area contributed by atoms with Gasteiger partial charge in [0.15, 0.2) is 0 Å². The number of hydrogen-bond donors (Lipinski definition) is 4. The fourth-order valence-electron chi connectivity index (χ4n) is 7.39. The molecule has 16 heteroatoms. The van der Waals surface area contributed by atoms with E-state index in [2.05, 4.69) is 26.0 Å². The van der Waals surface area contributed by atoms with Crippen LogP contribution in [0.3, 0.4) is 0 Å². The van der Waals surface area contributed by atoms with E-state index in [0.29, 0.717) is 71.4 Å². The number of aromatic nitrogens is 2. The maximum atomic E-state index is 13.9. The maximum Gasteiger partial charge on any atom is 0.251 e. The first-order chi connectivity index (χ1) is 31.0. The lowest BCUT2D eigenvalue weighted by Crippen LogP contribution is -2.57. The number of aliphatic hydroxyl groups is 1. The third kappa shape index (κ3) is 16.6. The molecule has 1 aromatic heterocycles. The molecule has 4 N–H and O–H groups in total. The molecule has 0 aliphatic carbocycles. The summed E-state index contributed by atoms with van der Waals surface area (Å²) < 4.78 is 24.1. The number of aliphatic hydroxyl groups excluding tert-OH is 1. The number of nitrogens with zero attached hydrogens (tertiary/aromatic N) is 4. The lowest BCUT2D eigenvalue weighted by Gasteiger charge is -2.35. The minimum absolute atomic E-state index is 0.00326. The molecular formula is C49H71N7O9. The van der Waals surface area contributed by atoms with Gasteiger partial charge in [-0.1, -0.05) is 51.1 Å². The second kappa shape index (κ2) is 26.0. The molecule has 16 nitrogen and oxygen atoms in total. The van der Waals surface area contributed by atoms with Crippen molar-refractivity contribution in [1.29, 1.82) is 0 Å². The highest BCUT2D eigenvalue weighted by Gasteiger charge is 2.44. The molecule has 0 spiro atoms. The number of likely N-dealkylation sites (tertiary alicyclic amines) is 1. The number of aryl methyl sites for hydroxylation is 3. The number of hydrogen-bond acceptors (Lipinski definition) is 11. The summed E-state index contributed by atoms with van der Waals surface area (Å²) in [6, 6.07) is 11.7. The lowest BCUT2D eigenvalue weighted by atomic mass is 9.85. The molecule has 2 heterocycles. The third-order valence-corrected chi connectivity index (χ3v) is 11.1. The van der Waals surface area contributed by atoms with Gasteiger partial charge in [0.05, 0.1) is 58.0 Å². The molecule has 0 saturated carbocycles. The standard InChI is InChI=1S/C49H71N7O9/c1-10-50-35(4)34(3)38-17-14-37(15-18-38)30-52-47(60)43-29-40(57)31-56(43)48(61)45(49(6,7)8)53-44(58)12-11-20-62-22-24-64-26-27-65-25-23-63-21-19-51-46(59)39-16-13-33(2)41(28-39)42-32-55(9)54-36(42)5/h10,13-18,28,32,40,43,45,57H,11-12,19-27,29-31H2,1-9H3,(H,51,59)(H,52,60)(H,53,58)/b35-34+,50-10?/t40-,43?,45?/m1/s1. The monoisotopic (exact) mass is 902 g/mol. The van der Waals surface area contributed by atoms with E-state index in [1.54, 1.807) is 10.9 Å². The van der Waals surface area contributed by atoms with Crippen molar-refractivity contribution in [3.63, 3.8) is 0 Å². The maximum absolute atomic E-state index is 13.9. The zero-order valence-electron chi connectivity index (χ0n) is 39.8. The fraction of sp³-hybridized carbons (Fsp3) is 0.551. The average Bonchev–Trinajstić information content (AvgIpc) is 3.83. The van der Waals surface area contributed by atoms with Crippen LogP contribution in [0.1, 0.15) is 93.5 Å². The van der Waals surface area contributed by atoms with Crippen molar-refractivity contribution in [3.8, 4) is 11.1 Å². The first-order valence-corrected chi connectivity index (χ1v) is 22.5. The van der Waals surface area contributed by atoms with Crippen LogP contribution in [0.15, 0.2) is 59.4 Å². The van der Waals surface area contributed by atoms with Crippen molar-refractivity contribution >= 4 is 35.4 Å². The summed E-state index contributed by atoms with van der Waals surface area (Å²) in [5.41, 5.74) is 7.82. The summed E-state index contributed by atoms with van der Waals surface area (Å²) >= 11 is 0. The zero-order valence-corrected chi connectivity index (χ0v) is 39.8. The summed E-state index contributed by atoms with van der Waals surface area (Å²) in [7, 11) is 1.88. The Balaban J connectivity index is 1.05. The molecule has 1 fully saturated rings. The normalized spacial score (nSPS) is 16.1. The molecule has 2 unspecified atom stereocenters. The van der Waals surface area contributed by atoms with E-state index in [4.69, 9.17) is 18.9 Å². The van der Waals surface area contributed by atoms with Crippen molar-refractivity contribution in [3.05, 3.63) is 82.3 Å². The molecule has 2 aromatic carbocycles. The molecule has 4 rings (SSSR count). The van der Waals surface area contributed by atoms with Crippen LogP contribution in [0.5, 0.6) is 0 Å². The molecule has 65 heavy (non-hydrogen) atoms. The highest BCUT2D eigenvalue weighted by Crippen LogP contribution is 2.28. The number of benzene rings is 2. The number of allylic oxidation sites excluding steroid dienone is 2. The Bertz CT molecular complexity index is 2090. The van der Waals surface area contributed by atoms with Crippen molar-refractivity contribution in [2.45, 2.75) is 99.4 Å². The van der Waals surface area contributed by atoms with E-state index in [9.17, 15) is 24.3 Å². The average molecular weight is 902 g/mol. The number of β-amino-alcohol motifs (C(OH)–C–C–N with tert-alkyl or cyclic N) is 1. The number of carbonyl (C=O) groups is 4. The minimum atomic E-state index is -0.905. The number of ether oxygens (including phenoxy) is 4. The molecule has 3 aromatic rings. The van der Waals surface area contributed by atoms with E-state index >= 15 is 0 Å².